The Kier molecular flexibility index (Phi) is 3.38. The molecule has 1 aliphatic rings. The van der Waals surface area contributed by atoms with Crippen LogP contribution in [-0.4, -0.2) is 16.3 Å². The number of para-hydroxylation sites is 1. The highest BCUT2D eigenvalue weighted by atomic mass is 15.3. The van der Waals surface area contributed by atoms with E-state index in [9.17, 15) is 0 Å². The molecule has 1 aromatic carbocycles. The average Bonchev–Trinajstić information content (AvgIpc) is 2.97. The van der Waals surface area contributed by atoms with Gasteiger partial charge in [-0.3, -0.25) is 0 Å². The SMILES string of the molecule is CCNC(c1cnn(-c2ccccc2)c1)C1CC1C. The molecule has 0 bridgehead atoms. The van der Waals surface area contributed by atoms with Gasteiger partial charge in [-0.15, -0.1) is 0 Å². The number of aromatic nitrogens is 2. The largest absolute Gasteiger partial charge is 0.310 e. The summed E-state index contributed by atoms with van der Waals surface area (Å²) in [6, 6.07) is 10.7. The number of hydrogen-bond acceptors (Lipinski definition) is 2. The Hall–Kier alpha value is -1.61. The van der Waals surface area contributed by atoms with Crippen LogP contribution in [0.1, 0.15) is 31.9 Å². The van der Waals surface area contributed by atoms with E-state index in [1.807, 2.05) is 29.1 Å². The molecule has 0 spiro atoms. The molecule has 3 unspecified atom stereocenters. The molecule has 0 aliphatic heterocycles. The van der Waals surface area contributed by atoms with Crippen molar-refractivity contribution in [2.45, 2.75) is 26.3 Å². The molecule has 1 aromatic heterocycles. The second-order valence-corrected chi connectivity index (χ2v) is 5.47. The van der Waals surface area contributed by atoms with E-state index in [-0.39, 0.29) is 0 Å². The first-order chi connectivity index (χ1) is 9.29. The van der Waals surface area contributed by atoms with E-state index in [1.54, 1.807) is 0 Å². The zero-order valence-corrected chi connectivity index (χ0v) is 11.6. The molecule has 3 nitrogen and oxygen atoms in total. The highest BCUT2D eigenvalue weighted by molar-refractivity contribution is 5.31. The van der Waals surface area contributed by atoms with Gasteiger partial charge in [0.05, 0.1) is 11.9 Å². The third kappa shape index (κ3) is 2.56. The van der Waals surface area contributed by atoms with Gasteiger partial charge in [0.25, 0.3) is 0 Å². The molecular formula is C16H21N3. The monoisotopic (exact) mass is 255 g/mol. The molecule has 0 radical (unpaired) electrons. The molecule has 1 saturated carbocycles. The first-order valence-electron chi connectivity index (χ1n) is 7.13. The first-order valence-corrected chi connectivity index (χ1v) is 7.13. The molecule has 100 valence electrons. The minimum atomic E-state index is 0.456. The predicted molar refractivity (Wildman–Crippen MR) is 77.3 cm³/mol. The fraction of sp³-hybridized carbons (Fsp3) is 0.438. The molecule has 1 heterocycles. The van der Waals surface area contributed by atoms with Crippen LogP contribution in [0, 0.1) is 11.8 Å². The summed E-state index contributed by atoms with van der Waals surface area (Å²) in [5.74, 6) is 1.61. The van der Waals surface area contributed by atoms with Crippen molar-refractivity contribution in [3.05, 3.63) is 48.3 Å². The number of rotatable bonds is 5. The average molecular weight is 255 g/mol. The molecule has 1 N–H and O–H groups in total. The molecule has 19 heavy (non-hydrogen) atoms. The number of nitrogens with one attached hydrogen (secondary N) is 1. The molecule has 1 aliphatic carbocycles. The molecule has 2 aromatic rings. The zero-order chi connectivity index (χ0) is 13.2. The summed E-state index contributed by atoms with van der Waals surface area (Å²) >= 11 is 0. The fourth-order valence-corrected chi connectivity index (χ4v) is 2.77. The van der Waals surface area contributed by atoms with Crippen LogP contribution < -0.4 is 5.32 Å². The van der Waals surface area contributed by atoms with Crippen molar-refractivity contribution in [1.29, 1.82) is 0 Å². The lowest BCUT2D eigenvalue weighted by Crippen LogP contribution is -2.22. The summed E-state index contributed by atoms with van der Waals surface area (Å²) in [4.78, 5) is 0. The van der Waals surface area contributed by atoms with E-state index in [0.29, 0.717) is 6.04 Å². The number of benzene rings is 1. The van der Waals surface area contributed by atoms with Crippen molar-refractivity contribution < 1.29 is 0 Å². The standard InChI is InChI=1S/C16H21N3/c1-3-17-16(15-9-12(15)2)13-10-18-19(11-13)14-7-5-4-6-8-14/h4-8,10-12,15-17H,3,9H2,1-2H3. The van der Waals surface area contributed by atoms with Gasteiger partial charge in [-0.25, -0.2) is 4.68 Å². The summed E-state index contributed by atoms with van der Waals surface area (Å²) in [6.45, 7) is 5.50. The van der Waals surface area contributed by atoms with Gasteiger partial charge >= 0.3 is 0 Å². The molecule has 3 rings (SSSR count). The quantitative estimate of drug-likeness (QED) is 0.889. The van der Waals surface area contributed by atoms with Crippen molar-refractivity contribution in [3.8, 4) is 5.69 Å². The van der Waals surface area contributed by atoms with Crippen molar-refractivity contribution in [2.75, 3.05) is 6.54 Å². The third-order valence-corrected chi connectivity index (χ3v) is 4.01. The van der Waals surface area contributed by atoms with Crippen LogP contribution in [0.5, 0.6) is 0 Å². The van der Waals surface area contributed by atoms with Gasteiger partial charge in [0, 0.05) is 17.8 Å². The van der Waals surface area contributed by atoms with E-state index < -0.39 is 0 Å². The van der Waals surface area contributed by atoms with Crippen LogP contribution in [-0.2, 0) is 0 Å². The highest BCUT2D eigenvalue weighted by Gasteiger charge is 2.40. The highest BCUT2D eigenvalue weighted by Crippen LogP contribution is 2.46. The van der Waals surface area contributed by atoms with Crippen molar-refractivity contribution >= 4 is 0 Å². The molecule has 3 atom stereocenters. The van der Waals surface area contributed by atoms with E-state index in [0.717, 1.165) is 24.1 Å². The second kappa shape index (κ2) is 5.17. The Morgan fingerprint density at radius 3 is 2.74 bits per heavy atom. The topological polar surface area (TPSA) is 29.9 Å². The summed E-state index contributed by atoms with van der Waals surface area (Å²) < 4.78 is 1.96. The normalized spacial score (nSPS) is 23.3. The molecule has 3 heteroatoms. The van der Waals surface area contributed by atoms with E-state index >= 15 is 0 Å². The maximum Gasteiger partial charge on any atom is 0.0645 e. The first kappa shape index (κ1) is 12.4. The van der Waals surface area contributed by atoms with E-state index in [4.69, 9.17) is 0 Å². The van der Waals surface area contributed by atoms with Crippen molar-refractivity contribution in [1.82, 2.24) is 15.1 Å². The summed E-state index contributed by atoms with van der Waals surface area (Å²) in [6.07, 6.45) is 5.49. The Labute approximate surface area is 114 Å². The maximum absolute atomic E-state index is 4.50. The molecule has 0 amide bonds. The summed E-state index contributed by atoms with van der Waals surface area (Å²) in [7, 11) is 0. The maximum atomic E-state index is 4.50. The number of nitrogens with zero attached hydrogens (tertiary/aromatic N) is 2. The lowest BCUT2D eigenvalue weighted by molar-refractivity contribution is 0.475. The molecular weight excluding hydrogens is 234 g/mol. The van der Waals surface area contributed by atoms with Crippen LogP contribution in [0.15, 0.2) is 42.7 Å². The minimum Gasteiger partial charge on any atom is -0.310 e. The van der Waals surface area contributed by atoms with Crippen LogP contribution >= 0.6 is 0 Å². The van der Waals surface area contributed by atoms with E-state index in [1.165, 1.54) is 12.0 Å². The molecule has 0 saturated heterocycles. The fourth-order valence-electron chi connectivity index (χ4n) is 2.77. The van der Waals surface area contributed by atoms with Crippen molar-refractivity contribution in [2.24, 2.45) is 11.8 Å². The Balaban J connectivity index is 1.83. The third-order valence-electron chi connectivity index (χ3n) is 4.01. The van der Waals surface area contributed by atoms with Gasteiger partial charge in [-0.2, -0.15) is 5.10 Å². The summed E-state index contributed by atoms with van der Waals surface area (Å²) in [5, 5.41) is 8.10. The minimum absolute atomic E-state index is 0.456. The van der Waals surface area contributed by atoms with Crippen LogP contribution in [0.2, 0.25) is 0 Å². The van der Waals surface area contributed by atoms with Gasteiger partial charge in [0.15, 0.2) is 0 Å². The lowest BCUT2D eigenvalue weighted by Gasteiger charge is -2.15. The van der Waals surface area contributed by atoms with Gasteiger partial charge in [0.1, 0.15) is 0 Å². The number of hydrogen-bond donors (Lipinski definition) is 1. The summed E-state index contributed by atoms with van der Waals surface area (Å²) in [5.41, 5.74) is 2.42. The van der Waals surface area contributed by atoms with Gasteiger partial charge in [-0.1, -0.05) is 32.0 Å². The van der Waals surface area contributed by atoms with E-state index in [2.05, 4.69) is 42.6 Å². The van der Waals surface area contributed by atoms with Crippen LogP contribution in [0.3, 0.4) is 0 Å². The van der Waals surface area contributed by atoms with Gasteiger partial charge in [0.2, 0.25) is 0 Å². The zero-order valence-electron chi connectivity index (χ0n) is 11.6. The Morgan fingerprint density at radius 2 is 2.11 bits per heavy atom. The smallest absolute Gasteiger partial charge is 0.0645 e. The van der Waals surface area contributed by atoms with Crippen molar-refractivity contribution in [3.63, 3.8) is 0 Å². The van der Waals surface area contributed by atoms with Crippen LogP contribution in [0.4, 0.5) is 0 Å². The second-order valence-electron chi connectivity index (χ2n) is 5.47. The predicted octanol–water partition coefficient (Wildman–Crippen LogP) is 3.18. The van der Waals surface area contributed by atoms with Crippen LogP contribution in [0.25, 0.3) is 5.69 Å². The van der Waals surface area contributed by atoms with Gasteiger partial charge in [-0.05, 0) is 36.9 Å². The lowest BCUT2D eigenvalue weighted by atomic mass is 10.1. The van der Waals surface area contributed by atoms with Gasteiger partial charge < -0.3 is 5.32 Å². The Morgan fingerprint density at radius 1 is 1.37 bits per heavy atom. The molecule has 1 fully saturated rings. The Bertz CT molecular complexity index is 532.